The van der Waals surface area contributed by atoms with Crippen molar-refractivity contribution in [3.05, 3.63) is 53.3 Å². The van der Waals surface area contributed by atoms with Gasteiger partial charge >= 0.3 is 0 Å². The highest BCUT2D eigenvalue weighted by Crippen LogP contribution is 2.28. The number of carbonyl (C=O) groups excluding carboxylic acids is 1. The van der Waals surface area contributed by atoms with Crippen molar-refractivity contribution >= 4 is 34.9 Å². The first-order valence-corrected chi connectivity index (χ1v) is 11.2. The van der Waals surface area contributed by atoms with Crippen LogP contribution in [-0.2, 0) is 14.6 Å². The van der Waals surface area contributed by atoms with Gasteiger partial charge in [0, 0.05) is 12.3 Å². The van der Waals surface area contributed by atoms with Crippen LogP contribution in [0, 0.1) is 11.7 Å². The molecule has 1 heterocycles. The lowest BCUT2D eigenvalue weighted by atomic mass is 10.1. The van der Waals surface area contributed by atoms with Gasteiger partial charge < -0.3 is 14.8 Å². The SMILES string of the molecule is COc1ccc(S(=O)(=O)C[C@H]2CCCOC2)cc1C(=O)Nc1ccc(F)c(C(F)F)c1.S. The maximum Gasteiger partial charge on any atom is 0.266 e. The van der Waals surface area contributed by atoms with Crippen LogP contribution < -0.4 is 10.1 Å². The van der Waals surface area contributed by atoms with Crippen LogP contribution in [0.5, 0.6) is 5.75 Å². The van der Waals surface area contributed by atoms with Gasteiger partial charge in [0.1, 0.15) is 11.6 Å². The van der Waals surface area contributed by atoms with Gasteiger partial charge in [-0.2, -0.15) is 13.5 Å². The first-order chi connectivity index (χ1) is 14.7. The molecule has 6 nitrogen and oxygen atoms in total. The molecule has 176 valence electrons. The van der Waals surface area contributed by atoms with Crippen molar-refractivity contribution in [3.8, 4) is 5.75 Å². The summed E-state index contributed by atoms with van der Waals surface area (Å²) in [5.41, 5.74) is -1.00. The number of amides is 1. The fourth-order valence-corrected chi connectivity index (χ4v) is 5.04. The van der Waals surface area contributed by atoms with Crippen molar-refractivity contribution < 1.29 is 35.9 Å². The number of methoxy groups -OCH3 is 1. The lowest BCUT2D eigenvalue weighted by molar-refractivity contribution is 0.0626. The zero-order chi connectivity index (χ0) is 22.6. The molecule has 1 saturated heterocycles. The Morgan fingerprint density at radius 2 is 2.00 bits per heavy atom. The van der Waals surface area contributed by atoms with Gasteiger partial charge in [0.15, 0.2) is 9.84 Å². The molecule has 11 heteroatoms. The topological polar surface area (TPSA) is 81.7 Å². The Morgan fingerprint density at radius 3 is 2.62 bits per heavy atom. The summed E-state index contributed by atoms with van der Waals surface area (Å²) >= 11 is 0. The van der Waals surface area contributed by atoms with Crippen LogP contribution >= 0.6 is 13.5 Å². The first kappa shape index (κ1) is 26.0. The number of hydrogen-bond acceptors (Lipinski definition) is 5. The molecule has 1 N–H and O–H groups in total. The van der Waals surface area contributed by atoms with Crippen molar-refractivity contribution in [2.45, 2.75) is 24.2 Å². The van der Waals surface area contributed by atoms with Crippen molar-refractivity contribution in [1.29, 1.82) is 0 Å². The molecule has 0 radical (unpaired) electrons. The number of carbonyl (C=O) groups is 1. The van der Waals surface area contributed by atoms with Gasteiger partial charge in [-0.15, -0.1) is 0 Å². The van der Waals surface area contributed by atoms with Crippen molar-refractivity contribution in [2.24, 2.45) is 5.92 Å². The van der Waals surface area contributed by atoms with Crippen LogP contribution in [0.3, 0.4) is 0 Å². The lowest BCUT2D eigenvalue weighted by Gasteiger charge is -2.22. The normalized spacial score (nSPS) is 16.3. The maximum atomic E-state index is 13.5. The average Bonchev–Trinajstić information content (AvgIpc) is 2.74. The smallest absolute Gasteiger partial charge is 0.266 e. The van der Waals surface area contributed by atoms with Gasteiger partial charge in [0.05, 0.1) is 35.5 Å². The second-order valence-corrected chi connectivity index (χ2v) is 9.25. The second kappa shape index (κ2) is 11.1. The predicted molar refractivity (Wildman–Crippen MR) is 118 cm³/mol. The van der Waals surface area contributed by atoms with E-state index >= 15 is 0 Å². The fraction of sp³-hybridized carbons (Fsp3) is 0.381. The van der Waals surface area contributed by atoms with Crippen LogP contribution in [0.2, 0.25) is 0 Å². The lowest BCUT2D eigenvalue weighted by Crippen LogP contribution is -2.25. The summed E-state index contributed by atoms with van der Waals surface area (Å²) in [6.07, 6.45) is -1.53. The van der Waals surface area contributed by atoms with E-state index in [-0.39, 0.29) is 47.1 Å². The molecule has 1 aliphatic rings. The van der Waals surface area contributed by atoms with Crippen molar-refractivity contribution in [1.82, 2.24) is 0 Å². The van der Waals surface area contributed by atoms with E-state index in [4.69, 9.17) is 9.47 Å². The van der Waals surface area contributed by atoms with Crippen LogP contribution in [0.1, 0.15) is 35.2 Å². The molecule has 0 aromatic heterocycles. The van der Waals surface area contributed by atoms with E-state index in [0.717, 1.165) is 31.0 Å². The molecule has 1 fully saturated rings. The molecule has 3 rings (SSSR count). The minimum atomic E-state index is -3.70. The number of ether oxygens (including phenoxy) is 2. The molecule has 0 aliphatic carbocycles. The average molecular weight is 492 g/mol. The Balaban J connectivity index is 0.00000363. The van der Waals surface area contributed by atoms with Gasteiger partial charge in [-0.25, -0.2) is 21.6 Å². The Kier molecular flexibility index (Phi) is 8.99. The zero-order valence-electron chi connectivity index (χ0n) is 17.2. The third kappa shape index (κ3) is 6.17. The monoisotopic (exact) mass is 491 g/mol. The number of halogens is 3. The molecule has 2 aromatic rings. The Morgan fingerprint density at radius 1 is 1.25 bits per heavy atom. The van der Waals surface area contributed by atoms with Gasteiger partial charge in [-0.05, 0) is 55.2 Å². The second-order valence-electron chi connectivity index (χ2n) is 7.22. The molecule has 0 spiro atoms. The number of benzene rings is 2. The van der Waals surface area contributed by atoms with E-state index in [1.54, 1.807) is 0 Å². The number of nitrogens with one attached hydrogen (secondary N) is 1. The molecule has 0 unspecified atom stereocenters. The molecular formula is C21H24F3NO5S2. The minimum absolute atomic E-state index is 0. The highest BCUT2D eigenvalue weighted by atomic mass is 32.2. The first-order valence-electron chi connectivity index (χ1n) is 9.58. The van der Waals surface area contributed by atoms with E-state index in [1.807, 2.05) is 0 Å². The van der Waals surface area contributed by atoms with E-state index < -0.39 is 33.6 Å². The molecule has 1 amide bonds. The van der Waals surface area contributed by atoms with E-state index in [9.17, 15) is 26.4 Å². The van der Waals surface area contributed by atoms with Crippen molar-refractivity contribution in [3.63, 3.8) is 0 Å². The Hall–Kier alpha value is -2.24. The maximum absolute atomic E-state index is 13.5. The number of hydrogen-bond donors (Lipinski definition) is 1. The Labute approximate surface area is 191 Å². The largest absolute Gasteiger partial charge is 0.496 e. The summed E-state index contributed by atoms with van der Waals surface area (Å²) in [7, 11) is -2.39. The number of sulfone groups is 1. The van der Waals surface area contributed by atoms with Gasteiger partial charge in [0.25, 0.3) is 12.3 Å². The van der Waals surface area contributed by atoms with E-state index in [0.29, 0.717) is 13.2 Å². The number of rotatable bonds is 7. The number of anilines is 1. The van der Waals surface area contributed by atoms with Crippen molar-refractivity contribution in [2.75, 3.05) is 31.4 Å². The fourth-order valence-electron chi connectivity index (χ4n) is 3.39. The molecule has 32 heavy (non-hydrogen) atoms. The standard InChI is InChI=1S/C21H22F3NO5S.H2S/c1-29-19-7-5-15(31(27,28)12-13-3-2-8-30-11-13)10-17(19)21(26)25-14-4-6-18(22)16(9-14)20(23)24;/h4-7,9-10,13,20H,2-3,8,11-12H2,1H3,(H,25,26);1H2/t13-;/m0./s1. The van der Waals surface area contributed by atoms with E-state index in [1.165, 1.54) is 25.3 Å². The highest BCUT2D eigenvalue weighted by Gasteiger charge is 2.25. The minimum Gasteiger partial charge on any atom is -0.496 e. The summed E-state index contributed by atoms with van der Waals surface area (Å²) in [6.45, 7) is 0.972. The third-order valence-electron chi connectivity index (χ3n) is 4.97. The highest BCUT2D eigenvalue weighted by molar-refractivity contribution is 7.91. The molecule has 1 atom stereocenters. The summed E-state index contributed by atoms with van der Waals surface area (Å²) in [5, 5.41) is 2.38. The summed E-state index contributed by atoms with van der Waals surface area (Å²) in [4.78, 5) is 12.7. The predicted octanol–water partition coefficient (Wildman–Crippen LogP) is 4.34. The third-order valence-corrected chi connectivity index (χ3v) is 6.86. The summed E-state index contributed by atoms with van der Waals surface area (Å²) in [5.74, 6) is -2.01. The molecule has 0 saturated carbocycles. The quantitative estimate of drug-likeness (QED) is 0.623. The Bertz CT molecular complexity index is 1060. The molecule has 2 aromatic carbocycles. The summed E-state index contributed by atoms with van der Waals surface area (Å²) < 4.78 is 75.5. The van der Waals surface area contributed by atoms with Gasteiger partial charge in [0.2, 0.25) is 0 Å². The molecular weight excluding hydrogens is 467 g/mol. The summed E-state index contributed by atoms with van der Waals surface area (Å²) in [6, 6.07) is 6.67. The van der Waals surface area contributed by atoms with Crippen LogP contribution in [-0.4, -0.2) is 40.4 Å². The van der Waals surface area contributed by atoms with Gasteiger partial charge in [-0.3, -0.25) is 4.79 Å². The van der Waals surface area contributed by atoms with Crippen LogP contribution in [0.4, 0.5) is 18.9 Å². The molecule has 1 aliphatic heterocycles. The van der Waals surface area contributed by atoms with Gasteiger partial charge in [-0.1, -0.05) is 0 Å². The van der Waals surface area contributed by atoms with Crippen LogP contribution in [0.25, 0.3) is 0 Å². The van der Waals surface area contributed by atoms with Crippen LogP contribution in [0.15, 0.2) is 41.3 Å². The molecule has 0 bridgehead atoms. The number of alkyl halides is 2. The zero-order valence-corrected chi connectivity index (χ0v) is 19.1. The van der Waals surface area contributed by atoms with E-state index in [2.05, 4.69) is 5.32 Å².